The van der Waals surface area contributed by atoms with Gasteiger partial charge in [0.25, 0.3) is 0 Å². The summed E-state index contributed by atoms with van der Waals surface area (Å²) >= 11 is 1.52. The molecular formula is C16H26N2O3S. The van der Waals surface area contributed by atoms with Crippen LogP contribution in [0.1, 0.15) is 39.0 Å². The van der Waals surface area contributed by atoms with Crippen molar-refractivity contribution in [3.05, 3.63) is 6.07 Å². The number of thioether (sulfide) groups is 1. The van der Waals surface area contributed by atoms with Gasteiger partial charge in [-0.15, -0.1) is 0 Å². The lowest BCUT2D eigenvalue weighted by Crippen LogP contribution is -2.28. The van der Waals surface area contributed by atoms with Crippen LogP contribution in [0.5, 0.6) is 11.8 Å². The number of aromatic nitrogens is 2. The number of aliphatic hydroxyl groups excluding tert-OH is 1. The molecule has 2 atom stereocenters. The lowest BCUT2D eigenvalue weighted by Gasteiger charge is -2.32. The fourth-order valence-electron chi connectivity index (χ4n) is 3.06. The third kappa shape index (κ3) is 4.49. The Balaban J connectivity index is 2.08. The summed E-state index contributed by atoms with van der Waals surface area (Å²) in [7, 11) is 3.15. The minimum Gasteiger partial charge on any atom is -0.481 e. The zero-order valence-corrected chi connectivity index (χ0v) is 14.4. The van der Waals surface area contributed by atoms with Crippen LogP contribution in [-0.4, -0.2) is 41.2 Å². The molecule has 0 radical (unpaired) electrons. The average Bonchev–Trinajstić information content (AvgIpc) is 2.59. The summed E-state index contributed by atoms with van der Waals surface area (Å²) < 4.78 is 10.4. The van der Waals surface area contributed by atoms with Gasteiger partial charge in [0.2, 0.25) is 11.8 Å². The molecule has 0 saturated heterocycles. The van der Waals surface area contributed by atoms with Crippen molar-refractivity contribution in [2.75, 3.05) is 20.8 Å². The summed E-state index contributed by atoms with van der Waals surface area (Å²) in [5.41, 5.74) is 0. The van der Waals surface area contributed by atoms with E-state index < -0.39 is 0 Å². The van der Waals surface area contributed by atoms with Crippen LogP contribution in [0.4, 0.5) is 0 Å². The number of methoxy groups -OCH3 is 2. The maximum atomic E-state index is 9.80. The molecule has 0 bridgehead atoms. The number of aliphatic hydroxyl groups is 1. The van der Waals surface area contributed by atoms with E-state index in [9.17, 15) is 5.11 Å². The zero-order chi connectivity index (χ0) is 15.9. The number of hydrogen-bond donors (Lipinski definition) is 1. The van der Waals surface area contributed by atoms with E-state index in [4.69, 9.17) is 9.47 Å². The summed E-state index contributed by atoms with van der Waals surface area (Å²) in [5.74, 6) is 2.09. The van der Waals surface area contributed by atoms with E-state index in [2.05, 4.69) is 16.9 Å². The summed E-state index contributed by atoms with van der Waals surface area (Å²) in [6, 6.07) is 1.66. The Morgan fingerprint density at radius 3 is 2.27 bits per heavy atom. The summed E-state index contributed by atoms with van der Waals surface area (Å²) in [4.78, 5) is 8.71. The van der Waals surface area contributed by atoms with Gasteiger partial charge in [0.15, 0.2) is 5.16 Å². The molecular weight excluding hydrogens is 300 g/mol. The summed E-state index contributed by atoms with van der Waals surface area (Å²) in [5, 5.41) is 10.5. The minimum atomic E-state index is 0.0971. The van der Waals surface area contributed by atoms with Gasteiger partial charge in [0.1, 0.15) is 0 Å². The van der Waals surface area contributed by atoms with E-state index >= 15 is 0 Å². The quantitative estimate of drug-likeness (QED) is 0.613. The Bertz CT molecular complexity index is 444. The highest BCUT2D eigenvalue weighted by Gasteiger charge is 2.28. The van der Waals surface area contributed by atoms with Crippen LogP contribution in [-0.2, 0) is 0 Å². The van der Waals surface area contributed by atoms with Crippen LogP contribution >= 0.6 is 11.8 Å². The molecule has 2 unspecified atom stereocenters. The van der Waals surface area contributed by atoms with Crippen molar-refractivity contribution >= 4 is 11.8 Å². The molecule has 0 spiro atoms. The van der Waals surface area contributed by atoms with Crippen LogP contribution in [0.25, 0.3) is 0 Å². The first kappa shape index (κ1) is 17.3. The molecule has 0 aromatic carbocycles. The van der Waals surface area contributed by atoms with E-state index in [1.54, 1.807) is 20.3 Å². The maximum Gasteiger partial charge on any atom is 0.220 e. The lowest BCUT2D eigenvalue weighted by molar-refractivity contribution is 0.206. The van der Waals surface area contributed by atoms with Crippen molar-refractivity contribution in [1.29, 1.82) is 0 Å². The van der Waals surface area contributed by atoms with Crippen molar-refractivity contribution < 1.29 is 14.6 Å². The highest BCUT2D eigenvalue weighted by molar-refractivity contribution is 7.99. The maximum absolute atomic E-state index is 9.80. The molecule has 2 rings (SSSR count). The highest BCUT2D eigenvalue weighted by atomic mass is 32.2. The number of ether oxygens (including phenoxy) is 2. The fraction of sp³-hybridized carbons (Fsp3) is 0.750. The monoisotopic (exact) mass is 326 g/mol. The van der Waals surface area contributed by atoms with Crippen molar-refractivity contribution in [1.82, 2.24) is 9.97 Å². The second kappa shape index (κ2) is 8.58. The molecule has 6 heteroatoms. The Labute approximate surface area is 136 Å². The Morgan fingerprint density at radius 1 is 1.18 bits per heavy atom. The molecule has 0 aliphatic heterocycles. The van der Waals surface area contributed by atoms with Crippen LogP contribution < -0.4 is 9.47 Å². The molecule has 1 aromatic heterocycles. The van der Waals surface area contributed by atoms with Gasteiger partial charge in [-0.25, -0.2) is 0 Å². The Kier molecular flexibility index (Phi) is 6.76. The second-order valence-corrected chi connectivity index (χ2v) is 7.04. The molecule has 1 aliphatic rings. The van der Waals surface area contributed by atoms with Gasteiger partial charge in [-0.3, -0.25) is 0 Å². The average molecular weight is 326 g/mol. The highest BCUT2D eigenvalue weighted by Crippen LogP contribution is 2.37. The van der Waals surface area contributed by atoms with Crippen molar-refractivity contribution in [2.45, 2.75) is 49.4 Å². The van der Waals surface area contributed by atoms with E-state index in [1.165, 1.54) is 43.9 Å². The van der Waals surface area contributed by atoms with E-state index in [-0.39, 0.29) is 11.9 Å². The molecule has 1 heterocycles. The number of rotatable bonds is 7. The van der Waals surface area contributed by atoms with Gasteiger partial charge in [0.05, 0.1) is 26.9 Å². The molecule has 124 valence electrons. The molecule has 22 heavy (non-hydrogen) atoms. The first-order valence-electron chi connectivity index (χ1n) is 7.92. The van der Waals surface area contributed by atoms with Gasteiger partial charge in [-0.2, -0.15) is 9.97 Å². The SMILES string of the molecule is COc1cc(OC)nc(SC(CO)C(C)C2CCCCC2)n1. The molecule has 5 nitrogen and oxygen atoms in total. The molecule has 1 aliphatic carbocycles. The van der Waals surface area contributed by atoms with Gasteiger partial charge in [0, 0.05) is 5.25 Å². The molecule has 1 N–H and O–H groups in total. The predicted molar refractivity (Wildman–Crippen MR) is 87.6 cm³/mol. The van der Waals surface area contributed by atoms with Gasteiger partial charge in [-0.05, 0) is 11.8 Å². The van der Waals surface area contributed by atoms with Crippen LogP contribution in [0.2, 0.25) is 0 Å². The normalized spacial score (nSPS) is 18.7. The molecule has 1 fully saturated rings. The van der Waals surface area contributed by atoms with Gasteiger partial charge in [-0.1, -0.05) is 50.8 Å². The molecule has 1 saturated carbocycles. The second-order valence-electron chi connectivity index (χ2n) is 5.83. The van der Waals surface area contributed by atoms with Crippen LogP contribution in [0.15, 0.2) is 11.2 Å². The Morgan fingerprint density at radius 2 is 1.77 bits per heavy atom. The third-order valence-electron chi connectivity index (χ3n) is 4.49. The summed E-state index contributed by atoms with van der Waals surface area (Å²) in [6.45, 7) is 2.37. The van der Waals surface area contributed by atoms with Crippen LogP contribution in [0.3, 0.4) is 0 Å². The topological polar surface area (TPSA) is 64.5 Å². The Hall–Kier alpha value is -1.01. The smallest absolute Gasteiger partial charge is 0.220 e. The van der Waals surface area contributed by atoms with Crippen molar-refractivity contribution in [2.24, 2.45) is 11.8 Å². The number of nitrogens with zero attached hydrogens (tertiary/aromatic N) is 2. The predicted octanol–water partition coefficient (Wildman–Crippen LogP) is 3.16. The van der Waals surface area contributed by atoms with Crippen LogP contribution in [0, 0.1) is 11.8 Å². The van der Waals surface area contributed by atoms with Crippen molar-refractivity contribution in [3.8, 4) is 11.8 Å². The third-order valence-corrected chi connectivity index (χ3v) is 5.77. The number of hydrogen-bond acceptors (Lipinski definition) is 6. The minimum absolute atomic E-state index is 0.0971. The first-order chi connectivity index (χ1) is 10.7. The van der Waals surface area contributed by atoms with Gasteiger partial charge < -0.3 is 14.6 Å². The van der Waals surface area contributed by atoms with E-state index in [1.807, 2.05) is 0 Å². The largest absolute Gasteiger partial charge is 0.481 e. The summed E-state index contributed by atoms with van der Waals surface area (Å²) in [6.07, 6.45) is 6.49. The first-order valence-corrected chi connectivity index (χ1v) is 8.80. The standard InChI is InChI=1S/C16H26N2O3S/c1-11(12-7-5-4-6-8-12)13(10-19)22-16-17-14(20-2)9-15(18-16)21-3/h9,11-13,19H,4-8,10H2,1-3H3. The zero-order valence-electron chi connectivity index (χ0n) is 13.6. The van der Waals surface area contributed by atoms with E-state index in [0.717, 1.165) is 0 Å². The van der Waals surface area contributed by atoms with Gasteiger partial charge >= 0.3 is 0 Å². The molecule has 1 aromatic rings. The fourth-order valence-corrected chi connectivity index (χ4v) is 4.12. The van der Waals surface area contributed by atoms with E-state index in [0.29, 0.717) is 28.8 Å². The lowest BCUT2D eigenvalue weighted by atomic mass is 9.79. The molecule has 0 amide bonds. The van der Waals surface area contributed by atoms with Crippen molar-refractivity contribution in [3.63, 3.8) is 0 Å².